The van der Waals surface area contributed by atoms with Crippen molar-refractivity contribution in [1.29, 1.82) is 0 Å². The molecule has 0 aromatic heterocycles. The molecule has 3 saturated carbocycles. The van der Waals surface area contributed by atoms with Crippen LogP contribution in [0.15, 0.2) is 16.6 Å². The van der Waals surface area contributed by atoms with Crippen LogP contribution in [0.25, 0.3) is 0 Å². The number of benzene rings is 1. The maximum atomic E-state index is 14.3. The van der Waals surface area contributed by atoms with Gasteiger partial charge in [-0.3, -0.25) is 0 Å². The third-order valence-corrected chi connectivity index (χ3v) is 6.59. The van der Waals surface area contributed by atoms with Gasteiger partial charge in [0.1, 0.15) is 11.6 Å². The van der Waals surface area contributed by atoms with E-state index in [9.17, 15) is 8.78 Å². The molecule has 0 spiro atoms. The highest BCUT2D eigenvalue weighted by Crippen LogP contribution is 2.72. The minimum Gasteiger partial charge on any atom is -0.310 e. The summed E-state index contributed by atoms with van der Waals surface area (Å²) in [4.78, 5) is 0. The monoisotopic (exact) mass is 355 g/mol. The van der Waals surface area contributed by atoms with E-state index in [0.29, 0.717) is 11.5 Å². The lowest BCUT2D eigenvalue weighted by Crippen LogP contribution is -2.26. The molecular weight excluding hydrogens is 336 g/mol. The Labute approximate surface area is 132 Å². The first-order valence-electron chi connectivity index (χ1n) is 7.99. The van der Waals surface area contributed by atoms with Crippen LogP contribution in [0.1, 0.15) is 37.8 Å². The van der Waals surface area contributed by atoms with E-state index >= 15 is 0 Å². The van der Waals surface area contributed by atoms with Crippen LogP contribution in [-0.2, 0) is 0 Å². The lowest BCUT2D eigenvalue weighted by molar-refractivity contribution is 0.365. The molecule has 3 fully saturated rings. The number of halogens is 3. The van der Waals surface area contributed by atoms with E-state index in [4.69, 9.17) is 0 Å². The average Bonchev–Trinajstić information content (AvgIpc) is 2.87. The molecule has 1 nitrogen and oxygen atoms in total. The van der Waals surface area contributed by atoms with Crippen molar-refractivity contribution in [3.05, 3.63) is 33.8 Å². The van der Waals surface area contributed by atoms with Gasteiger partial charge in [0.25, 0.3) is 0 Å². The van der Waals surface area contributed by atoms with Crippen LogP contribution in [0.2, 0.25) is 0 Å². The summed E-state index contributed by atoms with van der Waals surface area (Å²) in [6, 6.07) is 2.61. The summed E-state index contributed by atoms with van der Waals surface area (Å²) < 4.78 is 28.4. The summed E-state index contributed by atoms with van der Waals surface area (Å²) in [7, 11) is 0. The Balaban J connectivity index is 1.66. The van der Waals surface area contributed by atoms with Gasteiger partial charge in [-0.25, -0.2) is 8.78 Å². The number of rotatable bonds is 4. The second-order valence-electron chi connectivity index (χ2n) is 6.89. The van der Waals surface area contributed by atoms with Crippen LogP contribution < -0.4 is 5.32 Å². The van der Waals surface area contributed by atoms with E-state index in [1.54, 1.807) is 0 Å². The SMILES string of the molecule is CCNC(c1cc(F)c(Br)cc1F)C1C2C3CCC(C3)C21. The van der Waals surface area contributed by atoms with Crippen molar-refractivity contribution in [1.82, 2.24) is 5.32 Å². The van der Waals surface area contributed by atoms with Crippen molar-refractivity contribution >= 4 is 15.9 Å². The van der Waals surface area contributed by atoms with Crippen molar-refractivity contribution in [2.75, 3.05) is 6.54 Å². The van der Waals surface area contributed by atoms with E-state index < -0.39 is 0 Å². The second-order valence-corrected chi connectivity index (χ2v) is 7.74. The van der Waals surface area contributed by atoms with Crippen molar-refractivity contribution in [3.63, 3.8) is 0 Å². The summed E-state index contributed by atoms with van der Waals surface area (Å²) in [6.07, 6.45) is 4.07. The van der Waals surface area contributed by atoms with Crippen LogP contribution in [-0.4, -0.2) is 6.54 Å². The molecule has 5 atom stereocenters. The van der Waals surface area contributed by atoms with Gasteiger partial charge >= 0.3 is 0 Å². The van der Waals surface area contributed by atoms with Gasteiger partial charge in [0.15, 0.2) is 0 Å². The Kier molecular flexibility index (Phi) is 3.38. The fourth-order valence-corrected chi connectivity index (χ4v) is 5.60. The molecule has 1 aromatic rings. The van der Waals surface area contributed by atoms with E-state index in [-0.39, 0.29) is 22.1 Å². The predicted octanol–water partition coefficient (Wildman–Crippen LogP) is 4.67. The van der Waals surface area contributed by atoms with Crippen LogP contribution >= 0.6 is 15.9 Å². The molecule has 0 radical (unpaired) electrons. The minimum atomic E-state index is -0.372. The zero-order valence-electron chi connectivity index (χ0n) is 12.1. The fourth-order valence-electron chi connectivity index (χ4n) is 5.29. The van der Waals surface area contributed by atoms with E-state index in [1.807, 2.05) is 6.92 Å². The first kappa shape index (κ1) is 14.1. The molecule has 114 valence electrons. The average molecular weight is 356 g/mol. The number of hydrogen-bond acceptors (Lipinski definition) is 1. The Hall–Kier alpha value is -0.480. The van der Waals surface area contributed by atoms with Gasteiger partial charge in [0.2, 0.25) is 0 Å². The van der Waals surface area contributed by atoms with Crippen molar-refractivity contribution in [2.45, 2.75) is 32.2 Å². The molecule has 4 rings (SSSR count). The normalized spacial score (nSPS) is 37.6. The maximum Gasteiger partial charge on any atom is 0.137 e. The molecule has 0 amide bonds. The molecule has 4 heteroatoms. The zero-order chi connectivity index (χ0) is 14.7. The number of nitrogens with one attached hydrogen (secondary N) is 1. The first-order chi connectivity index (χ1) is 10.1. The number of fused-ring (bicyclic) bond motifs is 5. The molecule has 21 heavy (non-hydrogen) atoms. The zero-order valence-corrected chi connectivity index (χ0v) is 13.7. The van der Waals surface area contributed by atoms with Gasteiger partial charge < -0.3 is 5.32 Å². The topological polar surface area (TPSA) is 12.0 Å². The molecule has 3 aliphatic carbocycles. The standard InChI is InChI=1S/C17H20BrF2N/c1-2-21-17(10-6-13(20)11(18)7-12(10)19)16-14-8-3-4-9(5-8)15(14)16/h6-9,14-17,21H,2-5H2,1H3. The summed E-state index contributed by atoms with van der Waals surface area (Å²) in [5.74, 6) is 3.02. The van der Waals surface area contributed by atoms with Crippen LogP contribution in [0.4, 0.5) is 8.78 Å². The molecule has 3 aliphatic rings. The van der Waals surface area contributed by atoms with Gasteiger partial charge in [-0.15, -0.1) is 0 Å². The molecule has 0 aliphatic heterocycles. The Morgan fingerprint density at radius 1 is 1.19 bits per heavy atom. The lowest BCUT2D eigenvalue weighted by atomic mass is 9.92. The quantitative estimate of drug-likeness (QED) is 0.773. The van der Waals surface area contributed by atoms with Crippen molar-refractivity contribution in [2.24, 2.45) is 29.6 Å². The largest absolute Gasteiger partial charge is 0.310 e. The highest BCUT2D eigenvalue weighted by molar-refractivity contribution is 9.10. The van der Waals surface area contributed by atoms with Crippen molar-refractivity contribution in [3.8, 4) is 0 Å². The van der Waals surface area contributed by atoms with Crippen LogP contribution in [0.3, 0.4) is 0 Å². The summed E-state index contributed by atoms with van der Waals surface area (Å²) in [5, 5.41) is 3.42. The van der Waals surface area contributed by atoms with Gasteiger partial charge in [-0.05, 0) is 83.5 Å². The molecular formula is C17H20BrF2N. The third kappa shape index (κ3) is 2.09. The summed E-state index contributed by atoms with van der Waals surface area (Å²) >= 11 is 3.06. The third-order valence-electron chi connectivity index (χ3n) is 5.98. The number of hydrogen-bond donors (Lipinski definition) is 1. The Bertz CT molecular complexity index is 560. The van der Waals surface area contributed by atoms with E-state index in [0.717, 1.165) is 30.2 Å². The van der Waals surface area contributed by atoms with Gasteiger partial charge in [-0.2, -0.15) is 0 Å². The molecule has 0 saturated heterocycles. The maximum absolute atomic E-state index is 14.3. The van der Waals surface area contributed by atoms with Gasteiger partial charge in [0, 0.05) is 11.6 Å². The fraction of sp³-hybridized carbons (Fsp3) is 0.647. The summed E-state index contributed by atoms with van der Waals surface area (Å²) in [5.41, 5.74) is 0.511. The van der Waals surface area contributed by atoms with E-state index in [1.165, 1.54) is 31.4 Å². The van der Waals surface area contributed by atoms with Crippen LogP contribution in [0, 0.1) is 41.2 Å². The highest BCUT2D eigenvalue weighted by Gasteiger charge is 2.66. The van der Waals surface area contributed by atoms with Crippen LogP contribution in [0.5, 0.6) is 0 Å². The molecule has 0 heterocycles. The molecule has 1 N–H and O–H groups in total. The van der Waals surface area contributed by atoms with Gasteiger partial charge in [0.05, 0.1) is 4.47 Å². The van der Waals surface area contributed by atoms with Crippen molar-refractivity contribution < 1.29 is 8.78 Å². The first-order valence-corrected chi connectivity index (χ1v) is 8.79. The minimum absolute atomic E-state index is 0.0315. The Morgan fingerprint density at radius 3 is 2.48 bits per heavy atom. The summed E-state index contributed by atoms with van der Waals surface area (Å²) in [6.45, 7) is 2.82. The lowest BCUT2D eigenvalue weighted by Gasteiger charge is -2.22. The highest BCUT2D eigenvalue weighted by atomic mass is 79.9. The second kappa shape index (κ2) is 5.02. The predicted molar refractivity (Wildman–Crippen MR) is 81.8 cm³/mol. The van der Waals surface area contributed by atoms with E-state index in [2.05, 4.69) is 21.2 Å². The van der Waals surface area contributed by atoms with Gasteiger partial charge in [-0.1, -0.05) is 6.92 Å². The molecule has 1 aromatic carbocycles. The smallest absolute Gasteiger partial charge is 0.137 e. The molecule has 2 bridgehead atoms. The Morgan fingerprint density at radius 2 is 1.86 bits per heavy atom. The molecule has 5 unspecified atom stereocenters.